The molecule has 1 heterocycles. The van der Waals surface area contributed by atoms with E-state index < -0.39 is 0 Å². The van der Waals surface area contributed by atoms with E-state index in [0.717, 1.165) is 29.7 Å². The lowest BCUT2D eigenvalue weighted by Gasteiger charge is -2.19. The van der Waals surface area contributed by atoms with Crippen LogP contribution in [0.2, 0.25) is 0 Å². The van der Waals surface area contributed by atoms with Crippen molar-refractivity contribution in [3.63, 3.8) is 0 Å². The zero-order valence-electron chi connectivity index (χ0n) is 16.5. The molecule has 0 radical (unpaired) electrons. The second kappa shape index (κ2) is 7.50. The third kappa shape index (κ3) is 4.24. The number of benzene rings is 1. The molecule has 3 rings (SSSR count). The van der Waals surface area contributed by atoms with Crippen LogP contribution in [0.1, 0.15) is 71.4 Å². The first-order valence-electron chi connectivity index (χ1n) is 9.27. The Morgan fingerprint density at radius 3 is 2.43 bits per heavy atom. The van der Waals surface area contributed by atoms with Gasteiger partial charge in [-0.3, -0.25) is 9.59 Å². The predicted octanol–water partition coefficient (Wildman–Crippen LogP) is 3.29. The van der Waals surface area contributed by atoms with Crippen molar-refractivity contribution in [3.8, 4) is 5.75 Å². The summed E-state index contributed by atoms with van der Waals surface area (Å²) in [5, 5.41) is 16.5. The van der Waals surface area contributed by atoms with Crippen molar-refractivity contribution >= 4 is 17.5 Å². The van der Waals surface area contributed by atoms with Gasteiger partial charge >= 0.3 is 0 Å². The molecule has 3 N–H and O–H groups in total. The van der Waals surface area contributed by atoms with E-state index in [1.807, 2.05) is 27.7 Å². The number of furan rings is 1. The van der Waals surface area contributed by atoms with Gasteiger partial charge in [-0.05, 0) is 64.8 Å². The normalized spacial score (nSPS) is 15.2. The standard InChI is InChI=1S/C21H25N3O4/c1-12-17-15(23-24-19(26)13-8-10-14(25)11-9-13)6-5-7-16(17)28-18(12)20(27)22-21(2,3)4/h8-11,25H,5-7H2,1-4H3,(H,22,27)(H,24,26)/b23-15+. The second-order valence-corrected chi connectivity index (χ2v) is 7.96. The summed E-state index contributed by atoms with van der Waals surface area (Å²) in [6.45, 7) is 7.57. The van der Waals surface area contributed by atoms with E-state index in [2.05, 4.69) is 15.8 Å². The number of phenolic OH excluding ortho intramolecular Hbond substituents is 1. The maximum atomic E-state index is 12.5. The molecule has 7 nitrogen and oxygen atoms in total. The molecule has 0 fully saturated rings. The highest BCUT2D eigenvalue weighted by Crippen LogP contribution is 2.30. The molecule has 0 saturated carbocycles. The minimum Gasteiger partial charge on any atom is -0.508 e. The Balaban J connectivity index is 1.84. The number of phenols is 1. The quantitative estimate of drug-likeness (QED) is 0.708. The lowest BCUT2D eigenvalue weighted by atomic mass is 9.93. The summed E-state index contributed by atoms with van der Waals surface area (Å²) in [6, 6.07) is 5.94. The molecule has 1 aromatic heterocycles. The second-order valence-electron chi connectivity index (χ2n) is 7.96. The van der Waals surface area contributed by atoms with Crippen molar-refractivity contribution in [1.29, 1.82) is 0 Å². The number of aryl methyl sites for hydroxylation is 1. The molecule has 0 saturated heterocycles. The number of hydrazone groups is 1. The average molecular weight is 383 g/mol. The van der Waals surface area contributed by atoms with Gasteiger partial charge < -0.3 is 14.8 Å². The van der Waals surface area contributed by atoms with Crippen LogP contribution in [-0.4, -0.2) is 28.2 Å². The molecule has 1 aliphatic rings. The minimum absolute atomic E-state index is 0.0925. The zero-order valence-corrected chi connectivity index (χ0v) is 16.5. The highest BCUT2D eigenvalue weighted by molar-refractivity contribution is 6.07. The Morgan fingerprint density at radius 1 is 1.11 bits per heavy atom. The highest BCUT2D eigenvalue weighted by Gasteiger charge is 2.29. The van der Waals surface area contributed by atoms with E-state index in [4.69, 9.17) is 4.42 Å². The van der Waals surface area contributed by atoms with E-state index in [1.54, 1.807) is 0 Å². The van der Waals surface area contributed by atoms with Gasteiger partial charge in [-0.15, -0.1) is 0 Å². The van der Waals surface area contributed by atoms with Crippen LogP contribution in [-0.2, 0) is 6.42 Å². The maximum Gasteiger partial charge on any atom is 0.287 e. The Morgan fingerprint density at radius 2 is 1.79 bits per heavy atom. The van der Waals surface area contributed by atoms with Crippen LogP contribution < -0.4 is 10.7 Å². The van der Waals surface area contributed by atoms with Crippen LogP contribution in [0.4, 0.5) is 0 Å². The third-order valence-corrected chi connectivity index (χ3v) is 4.44. The summed E-state index contributed by atoms with van der Waals surface area (Å²) >= 11 is 0. The number of carbonyl (C=O) groups is 2. The summed E-state index contributed by atoms with van der Waals surface area (Å²) in [5.41, 5.74) is 4.82. The fourth-order valence-corrected chi connectivity index (χ4v) is 3.19. The van der Waals surface area contributed by atoms with Crippen LogP contribution in [0.15, 0.2) is 33.8 Å². The van der Waals surface area contributed by atoms with Gasteiger partial charge in [0.25, 0.3) is 11.8 Å². The molecular weight excluding hydrogens is 358 g/mol. The number of rotatable bonds is 3. The highest BCUT2D eigenvalue weighted by atomic mass is 16.4. The van der Waals surface area contributed by atoms with Crippen LogP contribution in [0, 0.1) is 6.92 Å². The Bertz CT molecular complexity index is 934. The third-order valence-electron chi connectivity index (χ3n) is 4.44. The smallest absolute Gasteiger partial charge is 0.287 e. The largest absolute Gasteiger partial charge is 0.508 e. The van der Waals surface area contributed by atoms with Crippen LogP contribution in [0.3, 0.4) is 0 Å². The molecular formula is C21H25N3O4. The molecule has 2 amide bonds. The minimum atomic E-state index is -0.369. The first-order valence-corrected chi connectivity index (χ1v) is 9.27. The summed E-state index contributed by atoms with van der Waals surface area (Å²) in [7, 11) is 0. The van der Waals surface area contributed by atoms with Crippen molar-refractivity contribution in [1.82, 2.24) is 10.7 Å². The monoisotopic (exact) mass is 383 g/mol. The number of hydrogen-bond donors (Lipinski definition) is 3. The van der Waals surface area contributed by atoms with Gasteiger partial charge in [0, 0.05) is 28.7 Å². The zero-order chi connectivity index (χ0) is 20.5. The molecule has 1 aromatic carbocycles. The molecule has 1 aliphatic carbocycles. The maximum absolute atomic E-state index is 12.5. The summed E-state index contributed by atoms with van der Waals surface area (Å²) in [4.78, 5) is 24.8. The SMILES string of the molecule is Cc1c(C(=O)NC(C)(C)C)oc2c1/C(=N/NC(=O)c1ccc(O)cc1)CCC2. The van der Waals surface area contributed by atoms with Gasteiger partial charge in [0.2, 0.25) is 0 Å². The first-order chi connectivity index (χ1) is 13.2. The number of carbonyl (C=O) groups excluding carboxylic acids is 2. The summed E-state index contributed by atoms with van der Waals surface area (Å²) in [6.07, 6.45) is 2.24. The molecule has 28 heavy (non-hydrogen) atoms. The Kier molecular flexibility index (Phi) is 5.27. The van der Waals surface area contributed by atoms with E-state index >= 15 is 0 Å². The van der Waals surface area contributed by atoms with Gasteiger partial charge in [-0.25, -0.2) is 5.43 Å². The first kappa shape index (κ1) is 19.7. The topological polar surface area (TPSA) is 104 Å². The van der Waals surface area contributed by atoms with E-state index in [-0.39, 0.29) is 23.1 Å². The van der Waals surface area contributed by atoms with Crippen molar-refractivity contribution in [2.24, 2.45) is 5.10 Å². The van der Waals surface area contributed by atoms with Crippen molar-refractivity contribution in [2.45, 2.75) is 52.5 Å². The molecule has 0 unspecified atom stereocenters. The number of fused-ring (bicyclic) bond motifs is 1. The van der Waals surface area contributed by atoms with E-state index in [9.17, 15) is 14.7 Å². The van der Waals surface area contributed by atoms with Gasteiger partial charge in [-0.2, -0.15) is 5.10 Å². The lowest BCUT2D eigenvalue weighted by Crippen LogP contribution is -2.40. The lowest BCUT2D eigenvalue weighted by molar-refractivity contribution is 0.0887. The van der Waals surface area contributed by atoms with Gasteiger partial charge in [0.1, 0.15) is 11.5 Å². The number of aromatic hydroxyl groups is 1. The molecule has 148 valence electrons. The van der Waals surface area contributed by atoms with Crippen molar-refractivity contribution < 1.29 is 19.1 Å². The molecule has 2 aromatic rings. The molecule has 0 aliphatic heterocycles. The van der Waals surface area contributed by atoms with Crippen LogP contribution in [0.5, 0.6) is 5.75 Å². The van der Waals surface area contributed by atoms with Gasteiger partial charge in [-0.1, -0.05) is 0 Å². The van der Waals surface area contributed by atoms with Crippen molar-refractivity contribution in [2.75, 3.05) is 0 Å². The molecule has 7 heteroatoms. The molecule has 0 atom stereocenters. The van der Waals surface area contributed by atoms with E-state index in [0.29, 0.717) is 23.5 Å². The Labute approximate surface area is 163 Å². The summed E-state index contributed by atoms with van der Waals surface area (Å²) < 4.78 is 5.85. The van der Waals surface area contributed by atoms with Gasteiger partial charge in [0.15, 0.2) is 5.76 Å². The van der Waals surface area contributed by atoms with Gasteiger partial charge in [0.05, 0.1) is 5.71 Å². The number of amides is 2. The molecule has 0 bridgehead atoms. The Hall–Kier alpha value is -3.09. The number of nitrogens with one attached hydrogen (secondary N) is 2. The number of nitrogens with zero attached hydrogens (tertiary/aromatic N) is 1. The van der Waals surface area contributed by atoms with Crippen LogP contribution >= 0.6 is 0 Å². The average Bonchev–Trinajstić information content (AvgIpc) is 2.96. The van der Waals surface area contributed by atoms with Crippen LogP contribution in [0.25, 0.3) is 0 Å². The fraction of sp³-hybridized carbons (Fsp3) is 0.381. The number of hydrogen-bond acceptors (Lipinski definition) is 5. The predicted molar refractivity (Wildman–Crippen MR) is 106 cm³/mol. The fourth-order valence-electron chi connectivity index (χ4n) is 3.19. The summed E-state index contributed by atoms with van der Waals surface area (Å²) in [5.74, 6) is 0.480. The molecule has 0 spiro atoms. The van der Waals surface area contributed by atoms with E-state index in [1.165, 1.54) is 24.3 Å². The van der Waals surface area contributed by atoms with Crippen molar-refractivity contribution in [3.05, 3.63) is 52.5 Å².